The van der Waals surface area contributed by atoms with E-state index in [-0.39, 0.29) is 25.3 Å². The van der Waals surface area contributed by atoms with Gasteiger partial charge in [-0.2, -0.15) is 12.7 Å². The van der Waals surface area contributed by atoms with Gasteiger partial charge in [-0.05, 0) is 45.3 Å². The highest BCUT2D eigenvalue weighted by atomic mass is 32.2. The first-order valence-electron chi connectivity index (χ1n) is 8.08. The molecule has 1 aliphatic heterocycles. The van der Waals surface area contributed by atoms with Crippen molar-refractivity contribution >= 4 is 17.4 Å². The molecule has 134 valence electrons. The van der Waals surface area contributed by atoms with Gasteiger partial charge < -0.3 is 21.5 Å². The normalized spacial score (nSPS) is 32.0. The molecule has 3 atom stereocenters. The van der Waals surface area contributed by atoms with Crippen molar-refractivity contribution in [3.05, 3.63) is 0 Å². The predicted octanol–water partition coefficient (Wildman–Crippen LogP) is -0.970. The Kier molecular flexibility index (Phi) is 5.47. The van der Waals surface area contributed by atoms with Crippen LogP contribution >= 0.6 is 0 Å². The summed E-state index contributed by atoms with van der Waals surface area (Å²) >= 11 is 0. The quantitative estimate of drug-likeness (QED) is 0.413. The van der Waals surface area contributed by atoms with Gasteiger partial charge in [0.25, 0.3) is 0 Å². The van der Waals surface area contributed by atoms with Crippen LogP contribution in [0.15, 0.2) is 0 Å². The van der Waals surface area contributed by atoms with Crippen LogP contribution in [0, 0.1) is 5.92 Å². The van der Waals surface area contributed by atoms with Crippen molar-refractivity contribution in [2.24, 2.45) is 17.4 Å². The van der Waals surface area contributed by atoms with Crippen LogP contribution in [-0.2, 0) is 14.5 Å². The van der Waals surface area contributed by atoms with Gasteiger partial charge in [0.1, 0.15) is 0 Å². The van der Waals surface area contributed by atoms with Crippen molar-refractivity contribution in [2.75, 3.05) is 13.1 Å². The number of nitrogens with zero attached hydrogens (tertiary/aromatic N) is 1. The van der Waals surface area contributed by atoms with Crippen LogP contribution < -0.4 is 11.5 Å². The fraction of sp³-hybridized carbons (Fsp3) is 1.00. The lowest BCUT2D eigenvalue weighted by molar-refractivity contribution is 0.168. The molecular weight excluding hydrogens is 321 g/mol. The molecule has 23 heavy (non-hydrogen) atoms. The summed E-state index contributed by atoms with van der Waals surface area (Å²) in [6.07, 6.45) is 2.44. The Bertz CT molecular complexity index is 524. The van der Waals surface area contributed by atoms with Crippen LogP contribution in [0.4, 0.5) is 0 Å². The number of hydrogen-bond acceptors (Lipinski definition) is 7. The van der Waals surface area contributed by atoms with Crippen molar-refractivity contribution in [2.45, 2.75) is 63.0 Å². The van der Waals surface area contributed by atoms with E-state index in [0.29, 0.717) is 12.8 Å². The summed E-state index contributed by atoms with van der Waals surface area (Å²) in [5.74, 6) is -0.0531. The molecule has 2 rings (SSSR count). The Labute approximate surface area is 138 Å². The molecule has 0 aromatic heterocycles. The monoisotopic (exact) mass is 349 g/mol. The van der Waals surface area contributed by atoms with Crippen molar-refractivity contribution in [1.29, 1.82) is 0 Å². The first-order chi connectivity index (χ1) is 10.5. The van der Waals surface area contributed by atoms with Crippen LogP contribution in [0.5, 0.6) is 0 Å². The number of hydrogen-bond donors (Lipinski definition) is 4. The zero-order valence-electron chi connectivity index (χ0n) is 13.8. The standard InChI is InChI=1S/C13H28BN3O5S/c1-10(13(16)5-6-13)22-23(20,21)17-8-11(12(2,15)9-17)4-3-7-14(18)19/h10-11,18-19H,3-9,15-16H2,1-2H3/t10-,11-,12-/m0/s1. The summed E-state index contributed by atoms with van der Waals surface area (Å²) in [5.41, 5.74) is 11.0. The second-order valence-electron chi connectivity index (χ2n) is 7.34. The molecule has 0 aromatic carbocycles. The van der Waals surface area contributed by atoms with Gasteiger partial charge in [0, 0.05) is 24.2 Å². The fourth-order valence-electron chi connectivity index (χ4n) is 3.06. The van der Waals surface area contributed by atoms with Crippen molar-refractivity contribution < 1.29 is 22.6 Å². The molecule has 0 amide bonds. The molecule has 0 unspecified atom stereocenters. The Balaban J connectivity index is 1.95. The van der Waals surface area contributed by atoms with E-state index in [0.717, 1.165) is 12.8 Å². The summed E-state index contributed by atoms with van der Waals surface area (Å²) in [4.78, 5) is 0. The SMILES string of the molecule is C[C@H](OS(=O)(=O)N1C[C@H](CCCB(O)O)[C@@](C)(N)C1)C1(N)CC1. The van der Waals surface area contributed by atoms with Gasteiger partial charge in [0.15, 0.2) is 0 Å². The molecule has 6 N–H and O–H groups in total. The van der Waals surface area contributed by atoms with Crippen molar-refractivity contribution in [3.63, 3.8) is 0 Å². The third-order valence-electron chi connectivity index (χ3n) is 5.11. The van der Waals surface area contributed by atoms with E-state index in [1.54, 1.807) is 6.92 Å². The minimum Gasteiger partial charge on any atom is -0.427 e. The summed E-state index contributed by atoms with van der Waals surface area (Å²) in [6, 6.07) is 0. The van der Waals surface area contributed by atoms with Crippen molar-refractivity contribution in [1.82, 2.24) is 4.31 Å². The Morgan fingerprint density at radius 1 is 1.39 bits per heavy atom. The third kappa shape index (κ3) is 4.65. The Morgan fingerprint density at radius 2 is 2.00 bits per heavy atom. The zero-order valence-corrected chi connectivity index (χ0v) is 14.6. The molecule has 1 heterocycles. The lowest BCUT2D eigenvalue weighted by Gasteiger charge is -2.25. The van der Waals surface area contributed by atoms with E-state index >= 15 is 0 Å². The second kappa shape index (κ2) is 6.59. The molecule has 0 radical (unpaired) electrons. The maximum Gasteiger partial charge on any atom is 0.451 e. The first kappa shape index (κ1) is 19.1. The molecule has 0 bridgehead atoms. The van der Waals surface area contributed by atoms with Gasteiger partial charge in [0.2, 0.25) is 0 Å². The van der Waals surface area contributed by atoms with Crippen LogP contribution in [-0.4, -0.2) is 60.2 Å². The molecule has 2 aliphatic rings. The molecule has 2 fully saturated rings. The maximum absolute atomic E-state index is 12.4. The smallest absolute Gasteiger partial charge is 0.427 e. The van der Waals surface area contributed by atoms with E-state index in [4.69, 9.17) is 25.7 Å². The van der Waals surface area contributed by atoms with Gasteiger partial charge in [-0.1, -0.05) is 6.42 Å². The van der Waals surface area contributed by atoms with Crippen LogP contribution in [0.1, 0.15) is 39.5 Å². The van der Waals surface area contributed by atoms with Gasteiger partial charge in [0.05, 0.1) is 6.10 Å². The molecule has 10 heteroatoms. The van der Waals surface area contributed by atoms with E-state index in [1.165, 1.54) is 4.31 Å². The zero-order chi connectivity index (χ0) is 17.5. The minimum atomic E-state index is -3.87. The topological polar surface area (TPSA) is 139 Å². The number of nitrogens with two attached hydrogens (primary N) is 2. The highest BCUT2D eigenvalue weighted by Crippen LogP contribution is 2.39. The number of rotatable bonds is 8. The second-order valence-corrected chi connectivity index (χ2v) is 8.90. The molecule has 1 aliphatic carbocycles. The Hall–Kier alpha value is -0.225. The Morgan fingerprint density at radius 3 is 2.52 bits per heavy atom. The van der Waals surface area contributed by atoms with Crippen LogP contribution in [0.25, 0.3) is 0 Å². The average Bonchev–Trinajstić information content (AvgIpc) is 3.07. The maximum atomic E-state index is 12.4. The highest BCUT2D eigenvalue weighted by molar-refractivity contribution is 7.84. The van der Waals surface area contributed by atoms with Crippen molar-refractivity contribution in [3.8, 4) is 0 Å². The van der Waals surface area contributed by atoms with Gasteiger partial charge in [-0.3, -0.25) is 4.18 Å². The summed E-state index contributed by atoms with van der Waals surface area (Å²) in [5, 5.41) is 17.8. The summed E-state index contributed by atoms with van der Waals surface area (Å²) in [6.45, 7) is 3.97. The third-order valence-corrected chi connectivity index (χ3v) is 6.55. The van der Waals surface area contributed by atoms with Gasteiger partial charge in [-0.15, -0.1) is 0 Å². The van der Waals surface area contributed by atoms with E-state index < -0.39 is 34.6 Å². The lowest BCUT2D eigenvalue weighted by atomic mass is 9.79. The molecular formula is C13H28BN3O5S. The molecule has 0 aromatic rings. The molecule has 0 spiro atoms. The van der Waals surface area contributed by atoms with Gasteiger partial charge >= 0.3 is 17.4 Å². The molecule has 8 nitrogen and oxygen atoms in total. The summed E-state index contributed by atoms with van der Waals surface area (Å²) < 4.78 is 31.4. The van der Waals surface area contributed by atoms with Crippen LogP contribution in [0.3, 0.4) is 0 Å². The van der Waals surface area contributed by atoms with Crippen LogP contribution in [0.2, 0.25) is 6.32 Å². The first-order valence-corrected chi connectivity index (χ1v) is 9.45. The molecule has 1 saturated carbocycles. The van der Waals surface area contributed by atoms with E-state index in [9.17, 15) is 8.42 Å². The van der Waals surface area contributed by atoms with E-state index in [2.05, 4.69) is 0 Å². The van der Waals surface area contributed by atoms with E-state index in [1.807, 2.05) is 6.92 Å². The highest BCUT2D eigenvalue weighted by Gasteiger charge is 2.49. The predicted molar refractivity (Wildman–Crippen MR) is 87.5 cm³/mol. The largest absolute Gasteiger partial charge is 0.451 e. The lowest BCUT2D eigenvalue weighted by Crippen LogP contribution is -2.46. The van der Waals surface area contributed by atoms with Gasteiger partial charge in [-0.25, -0.2) is 0 Å². The molecule has 1 saturated heterocycles. The average molecular weight is 349 g/mol. The minimum absolute atomic E-state index is 0.0531. The fourth-order valence-corrected chi connectivity index (χ4v) is 4.53. The summed E-state index contributed by atoms with van der Waals surface area (Å²) in [7, 11) is -5.22.